The van der Waals surface area contributed by atoms with Crippen molar-refractivity contribution in [3.8, 4) is 0 Å². The zero-order chi connectivity index (χ0) is 11.6. The Labute approximate surface area is 97.6 Å². The van der Waals surface area contributed by atoms with Gasteiger partial charge in [0.05, 0.1) is 12.5 Å². The zero-order valence-electron chi connectivity index (χ0n) is 10.3. The predicted octanol–water partition coefficient (Wildman–Crippen LogP) is 2.23. The number of nitrogens with zero attached hydrogens (tertiary/aromatic N) is 1. The molecule has 0 spiro atoms. The van der Waals surface area contributed by atoms with Crippen LogP contribution in [0.5, 0.6) is 0 Å². The summed E-state index contributed by atoms with van der Waals surface area (Å²) in [5, 5.41) is 0. The third-order valence-electron chi connectivity index (χ3n) is 4.28. The Bertz CT molecular complexity index is 323. The van der Waals surface area contributed by atoms with Crippen molar-refractivity contribution in [1.29, 1.82) is 0 Å². The van der Waals surface area contributed by atoms with Crippen LogP contribution < -0.4 is 5.73 Å². The number of hydrogen-bond donors (Lipinski definition) is 1. The molecule has 2 rings (SSSR count). The first kappa shape index (κ1) is 11.7. The van der Waals surface area contributed by atoms with Crippen LogP contribution in [0.15, 0.2) is 23.0 Å². The van der Waals surface area contributed by atoms with Crippen LogP contribution in [0.3, 0.4) is 0 Å². The molecule has 16 heavy (non-hydrogen) atoms. The third-order valence-corrected chi connectivity index (χ3v) is 4.28. The van der Waals surface area contributed by atoms with E-state index in [4.69, 9.17) is 10.2 Å². The molecular weight excluding hydrogens is 200 g/mol. The summed E-state index contributed by atoms with van der Waals surface area (Å²) in [6.45, 7) is 4.01. The van der Waals surface area contributed by atoms with Crippen molar-refractivity contribution in [2.75, 3.05) is 13.6 Å². The fourth-order valence-electron chi connectivity index (χ4n) is 3.07. The number of furan rings is 1. The summed E-state index contributed by atoms with van der Waals surface area (Å²) < 4.78 is 5.11. The maximum Gasteiger partial charge on any atom is 0.0947 e. The lowest BCUT2D eigenvalue weighted by molar-refractivity contribution is 0.0840. The Morgan fingerprint density at radius 1 is 1.62 bits per heavy atom. The standard InChI is InChI=1S/C13H22N2O/c1-11-4-3-6-13(11,10-14)15(2)8-12-5-7-16-9-12/h5,7,9,11H,3-4,6,8,10,14H2,1-2H3. The highest BCUT2D eigenvalue weighted by molar-refractivity contribution is 5.08. The molecule has 2 unspecified atom stereocenters. The SMILES string of the molecule is CC1CCCC1(CN)N(C)Cc1ccoc1. The quantitative estimate of drug-likeness (QED) is 0.849. The van der Waals surface area contributed by atoms with E-state index < -0.39 is 0 Å². The average Bonchev–Trinajstić information content (AvgIpc) is 2.88. The lowest BCUT2D eigenvalue weighted by atomic mass is 9.86. The largest absolute Gasteiger partial charge is 0.472 e. The molecule has 0 radical (unpaired) electrons. The summed E-state index contributed by atoms with van der Waals surface area (Å²) in [5.41, 5.74) is 7.45. The van der Waals surface area contributed by atoms with Crippen LogP contribution in [0.1, 0.15) is 31.7 Å². The molecule has 0 bridgehead atoms. The molecule has 3 nitrogen and oxygen atoms in total. The molecule has 1 aliphatic rings. The minimum Gasteiger partial charge on any atom is -0.472 e. The monoisotopic (exact) mass is 222 g/mol. The normalized spacial score (nSPS) is 30.1. The van der Waals surface area contributed by atoms with Gasteiger partial charge >= 0.3 is 0 Å². The van der Waals surface area contributed by atoms with Crippen molar-refractivity contribution in [3.63, 3.8) is 0 Å². The summed E-state index contributed by atoms with van der Waals surface area (Å²) in [6, 6.07) is 2.03. The first-order chi connectivity index (χ1) is 7.69. The van der Waals surface area contributed by atoms with Gasteiger partial charge in [0.2, 0.25) is 0 Å². The smallest absolute Gasteiger partial charge is 0.0947 e. The van der Waals surface area contributed by atoms with Crippen LogP contribution in [-0.4, -0.2) is 24.0 Å². The van der Waals surface area contributed by atoms with Gasteiger partial charge in [-0.3, -0.25) is 4.90 Å². The average molecular weight is 222 g/mol. The van der Waals surface area contributed by atoms with Crippen LogP contribution in [0.4, 0.5) is 0 Å². The molecule has 1 heterocycles. The van der Waals surface area contributed by atoms with Gasteiger partial charge in [0.1, 0.15) is 0 Å². The minimum atomic E-state index is 0.192. The maximum atomic E-state index is 6.02. The molecule has 1 aromatic rings. The Kier molecular flexibility index (Phi) is 3.36. The highest BCUT2D eigenvalue weighted by Gasteiger charge is 2.42. The van der Waals surface area contributed by atoms with Gasteiger partial charge in [0.15, 0.2) is 0 Å². The number of likely N-dealkylation sites (N-methyl/N-ethyl adjacent to an activating group) is 1. The number of rotatable bonds is 4. The van der Waals surface area contributed by atoms with Crippen LogP contribution in [0, 0.1) is 5.92 Å². The Balaban J connectivity index is 2.09. The molecule has 2 atom stereocenters. The van der Waals surface area contributed by atoms with E-state index in [1.54, 1.807) is 6.26 Å². The van der Waals surface area contributed by atoms with Gasteiger partial charge in [-0.05, 0) is 31.9 Å². The highest BCUT2D eigenvalue weighted by Crippen LogP contribution is 2.39. The molecule has 2 N–H and O–H groups in total. The zero-order valence-corrected chi connectivity index (χ0v) is 10.3. The van der Waals surface area contributed by atoms with Gasteiger partial charge in [0.25, 0.3) is 0 Å². The molecule has 0 aliphatic heterocycles. The van der Waals surface area contributed by atoms with Crippen LogP contribution in [-0.2, 0) is 6.54 Å². The van der Waals surface area contributed by atoms with Crippen LogP contribution >= 0.6 is 0 Å². The van der Waals surface area contributed by atoms with E-state index in [0.717, 1.165) is 13.1 Å². The lowest BCUT2D eigenvalue weighted by Gasteiger charge is -2.41. The van der Waals surface area contributed by atoms with Crippen molar-refractivity contribution in [3.05, 3.63) is 24.2 Å². The van der Waals surface area contributed by atoms with Crippen LogP contribution in [0.25, 0.3) is 0 Å². The molecule has 90 valence electrons. The van der Waals surface area contributed by atoms with E-state index in [2.05, 4.69) is 18.9 Å². The predicted molar refractivity (Wildman–Crippen MR) is 65.0 cm³/mol. The van der Waals surface area contributed by atoms with E-state index in [1.807, 2.05) is 12.3 Å². The summed E-state index contributed by atoms with van der Waals surface area (Å²) in [7, 11) is 2.18. The molecule has 0 aromatic carbocycles. The van der Waals surface area contributed by atoms with E-state index in [9.17, 15) is 0 Å². The molecular formula is C13H22N2O. The Morgan fingerprint density at radius 3 is 2.94 bits per heavy atom. The first-order valence-electron chi connectivity index (χ1n) is 6.11. The lowest BCUT2D eigenvalue weighted by Crippen LogP contribution is -2.53. The Hall–Kier alpha value is -0.800. The van der Waals surface area contributed by atoms with Crippen LogP contribution in [0.2, 0.25) is 0 Å². The number of nitrogens with two attached hydrogens (primary N) is 1. The van der Waals surface area contributed by atoms with Gasteiger partial charge in [-0.25, -0.2) is 0 Å². The molecule has 1 aliphatic carbocycles. The van der Waals surface area contributed by atoms with E-state index in [0.29, 0.717) is 5.92 Å². The summed E-state index contributed by atoms with van der Waals surface area (Å²) in [4.78, 5) is 2.41. The number of hydrogen-bond acceptors (Lipinski definition) is 3. The summed E-state index contributed by atoms with van der Waals surface area (Å²) in [5.74, 6) is 0.689. The molecule has 1 fully saturated rings. The van der Waals surface area contributed by atoms with E-state index in [1.165, 1.54) is 24.8 Å². The van der Waals surface area contributed by atoms with E-state index in [-0.39, 0.29) is 5.54 Å². The maximum absolute atomic E-state index is 6.02. The molecule has 3 heteroatoms. The van der Waals surface area contributed by atoms with Crippen molar-refractivity contribution in [1.82, 2.24) is 4.90 Å². The Morgan fingerprint density at radius 2 is 2.44 bits per heavy atom. The van der Waals surface area contributed by atoms with Gasteiger partial charge in [-0.2, -0.15) is 0 Å². The third kappa shape index (κ3) is 1.89. The van der Waals surface area contributed by atoms with Crippen molar-refractivity contribution >= 4 is 0 Å². The van der Waals surface area contributed by atoms with Gasteiger partial charge in [-0.15, -0.1) is 0 Å². The molecule has 1 saturated carbocycles. The van der Waals surface area contributed by atoms with Gasteiger partial charge in [0, 0.05) is 24.2 Å². The molecule has 0 saturated heterocycles. The van der Waals surface area contributed by atoms with Crippen molar-refractivity contribution in [2.24, 2.45) is 11.7 Å². The first-order valence-corrected chi connectivity index (χ1v) is 6.11. The fraction of sp³-hybridized carbons (Fsp3) is 0.692. The fourth-order valence-corrected chi connectivity index (χ4v) is 3.07. The topological polar surface area (TPSA) is 42.4 Å². The van der Waals surface area contributed by atoms with E-state index >= 15 is 0 Å². The van der Waals surface area contributed by atoms with Crippen molar-refractivity contribution < 1.29 is 4.42 Å². The van der Waals surface area contributed by atoms with Crippen molar-refractivity contribution in [2.45, 2.75) is 38.3 Å². The second-order valence-corrected chi connectivity index (χ2v) is 5.09. The van der Waals surface area contributed by atoms with Gasteiger partial charge < -0.3 is 10.2 Å². The molecule has 1 aromatic heterocycles. The minimum absolute atomic E-state index is 0.192. The summed E-state index contributed by atoms with van der Waals surface area (Å²) >= 11 is 0. The second kappa shape index (κ2) is 4.60. The molecule has 0 amide bonds. The second-order valence-electron chi connectivity index (χ2n) is 5.09. The highest BCUT2D eigenvalue weighted by atomic mass is 16.3. The van der Waals surface area contributed by atoms with Gasteiger partial charge in [-0.1, -0.05) is 13.3 Å². The summed E-state index contributed by atoms with van der Waals surface area (Å²) in [6.07, 6.45) is 7.37.